The highest BCUT2D eigenvalue weighted by molar-refractivity contribution is 7.22. The minimum atomic E-state index is -0.0828. The Morgan fingerprint density at radius 2 is 1.85 bits per heavy atom. The highest BCUT2D eigenvalue weighted by Crippen LogP contribution is 2.38. The molecule has 5 aromatic rings. The van der Waals surface area contributed by atoms with Gasteiger partial charge < -0.3 is 19.5 Å². The van der Waals surface area contributed by atoms with Crippen LogP contribution in [0, 0.1) is 0 Å². The highest BCUT2D eigenvalue weighted by atomic mass is 32.1. The number of fused-ring (bicyclic) bond motifs is 2. The predicted molar refractivity (Wildman–Crippen MR) is 131 cm³/mol. The molecule has 1 N–H and O–H groups in total. The summed E-state index contributed by atoms with van der Waals surface area (Å²) in [5.41, 5.74) is 1.53. The summed E-state index contributed by atoms with van der Waals surface area (Å²) >= 11 is 2.97. The van der Waals surface area contributed by atoms with Crippen molar-refractivity contribution < 1.29 is 19.0 Å². The normalized spacial score (nSPS) is 11.0. The van der Waals surface area contributed by atoms with Gasteiger partial charge in [-0.3, -0.25) is 9.78 Å². The zero-order chi connectivity index (χ0) is 22.8. The zero-order valence-electron chi connectivity index (χ0n) is 17.8. The molecule has 0 unspecified atom stereocenters. The second-order valence-corrected chi connectivity index (χ2v) is 9.15. The Morgan fingerprint density at radius 3 is 2.64 bits per heavy atom. The van der Waals surface area contributed by atoms with Gasteiger partial charge in [-0.1, -0.05) is 17.4 Å². The molecular formula is C24H19N3O4S2. The highest BCUT2D eigenvalue weighted by Gasteiger charge is 2.13. The third kappa shape index (κ3) is 4.46. The monoisotopic (exact) mass is 477 g/mol. The first-order valence-electron chi connectivity index (χ1n) is 10.0. The molecule has 7 nitrogen and oxygen atoms in total. The Kier molecular flexibility index (Phi) is 5.80. The first kappa shape index (κ1) is 21.2. The third-order valence-electron chi connectivity index (χ3n) is 4.96. The third-order valence-corrected chi connectivity index (χ3v) is 6.77. The lowest BCUT2D eigenvalue weighted by Gasteiger charge is -2.12. The number of thiophene rings is 1. The van der Waals surface area contributed by atoms with Gasteiger partial charge in [-0.25, -0.2) is 4.98 Å². The number of thiazole rings is 1. The number of amides is 1. The number of carbonyl (C=O) groups excluding carboxylic acids is 1. The van der Waals surface area contributed by atoms with Crippen LogP contribution in [0.3, 0.4) is 0 Å². The summed E-state index contributed by atoms with van der Waals surface area (Å²) in [4.78, 5) is 22.2. The van der Waals surface area contributed by atoms with Crippen molar-refractivity contribution in [3.8, 4) is 23.0 Å². The Labute approximate surface area is 197 Å². The Hall–Kier alpha value is -3.69. The maximum atomic E-state index is 12.3. The van der Waals surface area contributed by atoms with Crippen molar-refractivity contribution >= 4 is 54.8 Å². The van der Waals surface area contributed by atoms with Crippen molar-refractivity contribution in [3.05, 3.63) is 65.0 Å². The van der Waals surface area contributed by atoms with Crippen LogP contribution < -0.4 is 19.5 Å². The van der Waals surface area contributed by atoms with Crippen molar-refractivity contribution in [1.29, 1.82) is 0 Å². The number of benzene rings is 2. The summed E-state index contributed by atoms with van der Waals surface area (Å²) in [7, 11) is 3.18. The van der Waals surface area contributed by atoms with E-state index in [0.29, 0.717) is 34.6 Å². The summed E-state index contributed by atoms with van der Waals surface area (Å²) < 4.78 is 17.9. The number of ether oxygens (including phenoxy) is 3. The van der Waals surface area contributed by atoms with Crippen molar-refractivity contribution in [2.24, 2.45) is 0 Å². The predicted octanol–water partition coefficient (Wildman–Crippen LogP) is 5.90. The molecule has 166 valence electrons. The fourth-order valence-corrected chi connectivity index (χ4v) is 5.03. The van der Waals surface area contributed by atoms with E-state index in [2.05, 4.69) is 15.3 Å². The van der Waals surface area contributed by atoms with Gasteiger partial charge in [-0.15, -0.1) is 11.3 Å². The molecule has 1 amide bonds. The lowest BCUT2D eigenvalue weighted by Crippen LogP contribution is -2.13. The van der Waals surface area contributed by atoms with Crippen LogP contribution >= 0.6 is 22.7 Å². The standard InChI is InChI=1S/C24H19N3O4S2/c1-29-20-12-16-18(13-21(20)30-2)25-8-7-19(16)31-14-5-6-17-22(10-14)33-24(26-17)27-23(28)11-15-4-3-9-32-15/h3-10,12-13H,11H2,1-2H3,(H,26,27,28). The largest absolute Gasteiger partial charge is 0.493 e. The van der Waals surface area contributed by atoms with Crippen LogP contribution in [-0.4, -0.2) is 30.1 Å². The Morgan fingerprint density at radius 1 is 1.00 bits per heavy atom. The minimum Gasteiger partial charge on any atom is -0.493 e. The van der Waals surface area contributed by atoms with E-state index >= 15 is 0 Å². The number of nitrogens with one attached hydrogen (secondary N) is 1. The number of anilines is 1. The number of hydrogen-bond donors (Lipinski definition) is 1. The number of pyridine rings is 1. The molecular weight excluding hydrogens is 458 g/mol. The molecule has 33 heavy (non-hydrogen) atoms. The lowest BCUT2D eigenvalue weighted by atomic mass is 10.2. The summed E-state index contributed by atoms with van der Waals surface area (Å²) in [5, 5.41) is 6.22. The van der Waals surface area contributed by atoms with E-state index in [1.165, 1.54) is 11.3 Å². The second kappa shape index (κ2) is 9.05. The number of carbonyl (C=O) groups is 1. The zero-order valence-corrected chi connectivity index (χ0v) is 19.5. The molecule has 2 aromatic carbocycles. The minimum absolute atomic E-state index is 0.0828. The van der Waals surface area contributed by atoms with Crippen LogP contribution in [0.1, 0.15) is 4.88 Å². The average molecular weight is 478 g/mol. The van der Waals surface area contributed by atoms with E-state index in [1.807, 2.05) is 47.8 Å². The number of hydrogen-bond acceptors (Lipinski definition) is 8. The van der Waals surface area contributed by atoms with Crippen molar-refractivity contribution in [3.63, 3.8) is 0 Å². The van der Waals surface area contributed by atoms with Crippen LogP contribution in [0.4, 0.5) is 5.13 Å². The number of rotatable bonds is 7. The number of methoxy groups -OCH3 is 2. The molecule has 5 rings (SSSR count). The van der Waals surface area contributed by atoms with Crippen LogP contribution in [0.25, 0.3) is 21.1 Å². The van der Waals surface area contributed by atoms with Gasteiger partial charge in [-0.2, -0.15) is 0 Å². The summed E-state index contributed by atoms with van der Waals surface area (Å²) in [6.45, 7) is 0. The molecule has 0 aliphatic carbocycles. The van der Waals surface area contributed by atoms with E-state index in [0.717, 1.165) is 26.0 Å². The first-order chi connectivity index (χ1) is 16.1. The summed E-state index contributed by atoms with van der Waals surface area (Å²) in [6.07, 6.45) is 2.03. The maximum Gasteiger partial charge on any atom is 0.231 e. The molecule has 0 bridgehead atoms. The van der Waals surface area contributed by atoms with Gasteiger partial charge in [0.15, 0.2) is 16.6 Å². The molecule has 9 heteroatoms. The molecule has 0 radical (unpaired) electrons. The van der Waals surface area contributed by atoms with Gasteiger partial charge in [0.25, 0.3) is 0 Å². The van der Waals surface area contributed by atoms with Gasteiger partial charge in [0.2, 0.25) is 5.91 Å². The van der Waals surface area contributed by atoms with Crippen molar-refractivity contribution in [2.45, 2.75) is 6.42 Å². The molecule has 3 aromatic heterocycles. The van der Waals surface area contributed by atoms with Crippen LogP contribution in [0.2, 0.25) is 0 Å². The SMILES string of the molecule is COc1cc2nccc(Oc3ccc4nc(NC(=O)Cc5cccs5)sc4c3)c2cc1OC. The lowest BCUT2D eigenvalue weighted by molar-refractivity contribution is -0.115. The van der Waals surface area contributed by atoms with Crippen LogP contribution in [0.5, 0.6) is 23.0 Å². The molecule has 0 saturated carbocycles. The van der Waals surface area contributed by atoms with Crippen LogP contribution in [0.15, 0.2) is 60.1 Å². The van der Waals surface area contributed by atoms with Crippen LogP contribution in [-0.2, 0) is 11.2 Å². The van der Waals surface area contributed by atoms with E-state index in [4.69, 9.17) is 14.2 Å². The Balaban J connectivity index is 1.39. The van der Waals surface area contributed by atoms with Gasteiger partial charge >= 0.3 is 0 Å². The molecule has 3 heterocycles. The van der Waals surface area contributed by atoms with Crippen molar-refractivity contribution in [2.75, 3.05) is 19.5 Å². The molecule has 0 spiro atoms. The second-order valence-electron chi connectivity index (χ2n) is 7.09. The maximum absolute atomic E-state index is 12.3. The molecule has 0 saturated heterocycles. The number of nitrogens with zero attached hydrogens (tertiary/aromatic N) is 2. The Bertz CT molecular complexity index is 1450. The smallest absolute Gasteiger partial charge is 0.231 e. The van der Waals surface area contributed by atoms with Gasteiger partial charge in [0, 0.05) is 28.6 Å². The molecule has 0 atom stereocenters. The van der Waals surface area contributed by atoms with E-state index in [-0.39, 0.29) is 5.91 Å². The molecule has 0 fully saturated rings. The summed E-state index contributed by atoms with van der Waals surface area (Å²) in [5.74, 6) is 2.43. The quantitative estimate of drug-likeness (QED) is 0.314. The first-order valence-corrected chi connectivity index (χ1v) is 11.7. The fraction of sp³-hybridized carbons (Fsp3) is 0.125. The van der Waals surface area contributed by atoms with E-state index in [1.54, 1.807) is 37.8 Å². The number of aromatic nitrogens is 2. The van der Waals surface area contributed by atoms with Gasteiger partial charge in [-0.05, 0) is 35.7 Å². The van der Waals surface area contributed by atoms with E-state index in [9.17, 15) is 4.79 Å². The topological polar surface area (TPSA) is 82.6 Å². The summed E-state index contributed by atoms with van der Waals surface area (Å²) in [6, 6.07) is 15.0. The fourth-order valence-electron chi connectivity index (χ4n) is 3.42. The average Bonchev–Trinajstić information content (AvgIpc) is 3.47. The van der Waals surface area contributed by atoms with Crippen molar-refractivity contribution in [1.82, 2.24) is 9.97 Å². The molecule has 0 aliphatic heterocycles. The van der Waals surface area contributed by atoms with E-state index < -0.39 is 0 Å². The van der Waals surface area contributed by atoms with Gasteiger partial charge in [0.05, 0.1) is 36.4 Å². The molecule has 0 aliphatic rings. The van der Waals surface area contributed by atoms with Gasteiger partial charge in [0.1, 0.15) is 11.5 Å².